The second kappa shape index (κ2) is 6.44. The highest BCUT2D eigenvalue weighted by atomic mass is 16.5. The van der Waals surface area contributed by atoms with Crippen molar-refractivity contribution in [1.29, 1.82) is 0 Å². The smallest absolute Gasteiger partial charge is 0.138 e. The fraction of sp³-hybridized carbons (Fsp3) is 0.917. The summed E-state index contributed by atoms with van der Waals surface area (Å²) < 4.78 is 5.52. The number of hydrogen-bond donors (Lipinski definition) is 2. The van der Waals surface area contributed by atoms with E-state index >= 15 is 0 Å². The van der Waals surface area contributed by atoms with Gasteiger partial charge in [-0.1, -0.05) is 0 Å². The first-order valence-corrected chi connectivity index (χ1v) is 6.14. The zero-order valence-electron chi connectivity index (χ0n) is 11.0. The van der Waals surface area contributed by atoms with Crippen molar-refractivity contribution in [2.24, 2.45) is 0 Å². The molecule has 0 aliphatic carbocycles. The highest BCUT2D eigenvalue weighted by Gasteiger charge is 2.21. The van der Waals surface area contributed by atoms with Crippen molar-refractivity contribution in [1.82, 2.24) is 10.2 Å². The molecule has 2 unspecified atom stereocenters. The van der Waals surface area contributed by atoms with Crippen LogP contribution in [0.1, 0.15) is 20.8 Å². The maximum absolute atomic E-state index is 10.7. The summed E-state index contributed by atoms with van der Waals surface area (Å²) in [6.07, 6.45) is 0.420. The van der Waals surface area contributed by atoms with Crippen molar-refractivity contribution in [3.05, 3.63) is 0 Å². The van der Waals surface area contributed by atoms with Crippen LogP contribution in [0.15, 0.2) is 0 Å². The number of carbonyl (C=O) groups excluding carboxylic acids is 1. The van der Waals surface area contributed by atoms with Crippen LogP contribution in [0.3, 0.4) is 0 Å². The minimum absolute atomic E-state index is 0.112. The number of piperazine rings is 1. The number of aliphatic hydroxyl groups excluding tert-OH is 1. The molecule has 5 nitrogen and oxygen atoms in total. The van der Waals surface area contributed by atoms with E-state index in [2.05, 4.69) is 10.2 Å². The summed E-state index contributed by atoms with van der Waals surface area (Å²) in [5, 5.41) is 13.0. The highest BCUT2D eigenvalue weighted by Crippen LogP contribution is 2.08. The molecular formula is C12H24N2O3. The molecule has 100 valence electrons. The minimum Gasteiger partial charge on any atom is -0.389 e. The summed E-state index contributed by atoms with van der Waals surface area (Å²) in [5.74, 6) is 0. The first kappa shape index (κ1) is 14.6. The van der Waals surface area contributed by atoms with Gasteiger partial charge in [-0.3, -0.25) is 4.90 Å². The van der Waals surface area contributed by atoms with Crippen molar-refractivity contribution in [3.63, 3.8) is 0 Å². The first-order valence-electron chi connectivity index (χ1n) is 6.14. The molecular weight excluding hydrogens is 220 g/mol. The van der Waals surface area contributed by atoms with E-state index < -0.39 is 6.10 Å². The predicted octanol–water partition coefficient (Wildman–Crippen LogP) is -0.365. The SMILES string of the molecule is CC(C)(C)OCC(O)CN1CCNC(C=O)C1. The number of hydrogen-bond acceptors (Lipinski definition) is 5. The quantitative estimate of drug-likeness (QED) is 0.646. The first-order chi connectivity index (χ1) is 7.90. The van der Waals surface area contributed by atoms with Gasteiger partial charge in [-0.2, -0.15) is 0 Å². The molecule has 1 aliphatic heterocycles. The van der Waals surface area contributed by atoms with E-state index in [-0.39, 0.29) is 11.6 Å². The number of aldehydes is 1. The lowest BCUT2D eigenvalue weighted by Gasteiger charge is -2.33. The largest absolute Gasteiger partial charge is 0.389 e. The summed E-state index contributed by atoms with van der Waals surface area (Å²) in [7, 11) is 0. The molecule has 0 aromatic rings. The van der Waals surface area contributed by atoms with Crippen molar-refractivity contribution < 1.29 is 14.6 Å². The lowest BCUT2D eigenvalue weighted by molar-refractivity contribution is -0.110. The Morgan fingerprint density at radius 2 is 2.29 bits per heavy atom. The molecule has 0 bridgehead atoms. The molecule has 0 spiro atoms. The van der Waals surface area contributed by atoms with Crippen LogP contribution >= 0.6 is 0 Å². The van der Waals surface area contributed by atoms with E-state index in [4.69, 9.17) is 4.74 Å². The van der Waals surface area contributed by atoms with E-state index in [0.29, 0.717) is 19.7 Å². The van der Waals surface area contributed by atoms with Gasteiger partial charge in [-0.05, 0) is 20.8 Å². The third-order valence-corrected chi connectivity index (χ3v) is 2.63. The van der Waals surface area contributed by atoms with Gasteiger partial charge in [0.05, 0.1) is 24.4 Å². The molecule has 1 fully saturated rings. The van der Waals surface area contributed by atoms with Crippen molar-refractivity contribution in [2.45, 2.75) is 38.5 Å². The Hall–Kier alpha value is -0.490. The Balaban J connectivity index is 2.25. The third kappa shape index (κ3) is 6.12. The normalized spacial score (nSPS) is 24.6. The third-order valence-electron chi connectivity index (χ3n) is 2.63. The number of nitrogens with one attached hydrogen (secondary N) is 1. The van der Waals surface area contributed by atoms with Gasteiger partial charge >= 0.3 is 0 Å². The van der Waals surface area contributed by atoms with Crippen LogP contribution in [0.2, 0.25) is 0 Å². The summed E-state index contributed by atoms with van der Waals surface area (Å²) >= 11 is 0. The highest BCUT2D eigenvalue weighted by molar-refractivity contribution is 5.58. The molecule has 0 aromatic carbocycles. The number of β-amino-alcohol motifs (C(OH)–C–C–N with tert-alkyl or cyclic N) is 1. The monoisotopic (exact) mass is 244 g/mol. The van der Waals surface area contributed by atoms with Gasteiger partial charge in [0.1, 0.15) is 6.29 Å². The van der Waals surface area contributed by atoms with Crippen LogP contribution in [0.5, 0.6) is 0 Å². The Labute approximate surface area is 103 Å². The van der Waals surface area contributed by atoms with E-state index in [1.165, 1.54) is 0 Å². The average Bonchev–Trinajstić information content (AvgIpc) is 2.26. The summed E-state index contributed by atoms with van der Waals surface area (Å²) in [5.41, 5.74) is -0.226. The Morgan fingerprint density at radius 1 is 1.59 bits per heavy atom. The average molecular weight is 244 g/mol. The Bertz CT molecular complexity index is 240. The van der Waals surface area contributed by atoms with Crippen LogP contribution < -0.4 is 5.32 Å². The topological polar surface area (TPSA) is 61.8 Å². The Kier molecular flexibility index (Phi) is 5.52. The molecule has 2 N–H and O–H groups in total. The standard InChI is InChI=1S/C12H24N2O3/c1-12(2,3)17-9-11(16)7-14-5-4-13-10(6-14)8-15/h8,10-11,13,16H,4-7,9H2,1-3H3. The molecule has 0 aromatic heterocycles. The van der Waals surface area contributed by atoms with E-state index in [9.17, 15) is 9.90 Å². The van der Waals surface area contributed by atoms with Crippen molar-refractivity contribution in [2.75, 3.05) is 32.8 Å². The molecule has 5 heteroatoms. The predicted molar refractivity (Wildman–Crippen MR) is 66.0 cm³/mol. The van der Waals surface area contributed by atoms with Crippen LogP contribution in [-0.2, 0) is 9.53 Å². The van der Waals surface area contributed by atoms with Crippen molar-refractivity contribution >= 4 is 6.29 Å². The maximum atomic E-state index is 10.7. The van der Waals surface area contributed by atoms with Crippen LogP contribution in [0, 0.1) is 0 Å². The zero-order chi connectivity index (χ0) is 12.9. The molecule has 1 rings (SSSR count). The molecule has 1 heterocycles. The molecule has 17 heavy (non-hydrogen) atoms. The number of rotatable bonds is 5. The fourth-order valence-electron chi connectivity index (χ4n) is 1.80. The summed E-state index contributed by atoms with van der Waals surface area (Å²) in [4.78, 5) is 12.8. The van der Waals surface area contributed by atoms with Crippen LogP contribution in [0.25, 0.3) is 0 Å². The molecule has 1 aliphatic rings. The van der Waals surface area contributed by atoms with Gasteiger partial charge in [-0.15, -0.1) is 0 Å². The minimum atomic E-state index is -0.500. The number of nitrogens with zero attached hydrogens (tertiary/aromatic N) is 1. The van der Waals surface area contributed by atoms with Crippen LogP contribution in [0.4, 0.5) is 0 Å². The van der Waals surface area contributed by atoms with Gasteiger partial charge < -0.3 is 20.0 Å². The number of aliphatic hydroxyl groups is 1. The second-order valence-corrected chi connectivity index (χ2v) is 5.53. The van der Waals surface area contributed by atoms with E-state index in [1.807, 2.05) is 20.8 Å². The second-order valence-electron chi connectivity index (χ2n) is 5.53. The summed E-state index contributed by atoms with van der Waals surface area (Å²) in [6.45, 7) is 9.09. The molecule has 0 radical (unpaired) electrons. The molecule has 2 atom stereocenters. The zero-order valence-corrected chi connectivity index (χ0v) is 11.0. The van der Waals surface area contributed by atoms with Gasteiger partial charge in [0.15, 0.2) is 0 Å². The van der Waals surface area contributed by atoms with Gasteiger partial charge in [0.2, 0.25) is 0 Å². The molecule has 0 amide bonds. The van der Waals surface area contributed by atoms with Gasteiger partial charge in [0, 0.05) is 26.2 Å². The van der Waals surface area contributed by atoms with Crippen molar-refractivity contribution in [3.8, 4) is 0 Å². The molecule has 1 saturated heterocycles. The fourth-order valence-corrected chi connectivity index (χ4v) is 1.80. The van der Waals surface area contributed by atoms with E-state index in [1.54, 1.807) is 0 Å². The van der Waals surface area contributed by atoms with Crippen LogP contribution in [-0.4, -0.2) is 66.8 Å². The Morgan fingerprint density at radius 3 is 2.88 bits per heavy atom. The number of carbonyl (C=O) groups is 1. The molecule has 0 saturated carbocycles. The van der Waals surface area contributed by atoms with Gasteiger partial charge in [-0.25, -0.2) is 0 Å². The summed E-state index contributed by atoms with van der Waals surface area (Å²) in [6, 6.07) is -0.112. The van der Waals surface area contributed by atoms with Gasteiger partial charge in [0.25, 0.3) is 0 Å². The maximum Gasteiger partial charge on any atom is 0.138 e. The lowest BCUT2D eigenvalue weighted by atomic mass is 10.2. The number of ether oxygens (including phenoxy) is 1. The van der Waals surface area contributed by atoms with E-state index in [0.717, 1.165) is 19.4 Å². The lowest BCUT2D eigenvalue weighted by Crippen LogP contribution is -2.53.